The summed E-state index contributed by atoms with van der Waals surface area (Å²) in [6.45, 7) is 0.821. The molecular weight excluding hydrogens is 410 g/mol. The Balaban J connectivity index is 1.12. The van der Waals surface area contributed by atoms with E-state index in [-0.39, 0.29) is 11.7 Å². The summed E-state index contributed by atoms with van der Waals surface area (Å²) < 4.78 is 5.57. The molecule has 4 heteroatoms. The highest BCUT2D eigenvalue weighted by molar-refractivity contribution is 5.86. The van der Waals surface area contributed by atoms with Gasteiger partial charge in [-0.15, -0.1) is 0 Å². The molecule has 2 N–H and O–H groups in total. The number of carbonyl (C=O) groups is 1. The summed E-state index contributed by atoms with van der Waals surface area (Å²) >= 11 is 0. The summed E-state index contributed by atoms with van der Waals surface area (Å²) in [6.07, 6.45) is 4.34. The lowest BCUT2D eigenvalue weighted by atomic mass is 9.98. The number of alkyl carbamates (subject to hydrolysis) is 1. The van der Waals surface area contributed by atoms with E-state index in [9.17, 15) is 9.90 Å². The third-order valence-corrected chi connectivity index (χ3v) is 6.08. The number of fused-ring (bicyclic) bond motifs is 4. The maximum atomic E-state index is 12.3. The van der Waals surface area contributed by atoms with Crippen LogP contribution < -0.4 is 5.32 Å². The van der Waals surface area contributed by atoms with Crippen LogP contribution in [0.1, 0.15) is 29.0 Å². The fraction of sp³-hybridized carbons (Fsp3) is 0.138. The Morgan fingerprint density at radius 3 is 2.33 bits per heavy atom. The molecule has 1 amide bonds. The Morgan fingerprint density at radius 1 is 0.879 bits per heavy atom. The van der Waals surface area contributed by atoms with E-state index in [4.69, 9.17) is 4.74 Å². The van der Waals surface area contributed by atoms with Crippen LogP contribution >= 0.6 is 0 Å². The molecule has 5 rings (SSSR count). The van der Waals surface area contributed by atoms with Gasteiger partial charge in [0.25, 0.3) is 0 Å². The molecule has 1 aliphatic carbocycles. The third-order valence-electron chi connectivity index (χ3n) is 6.08. The average molecular weight is 436 g/mol. The number of nitrogens with one attached hydrogen (secondary N) is 1. The van der Waals surface area contributed by atoms with Crippen LogP contribution in [0.25, 0.3) is 28.0 Å². The monoisotopic (exact) mass is 435 g/mol. The van der Waals surface area contributed by atoms with Crippen molar-refractivity contribution in [1.29, 1.82) is 0 Å². The van der Waals surface area contributed by atoms with Crippen LogP contribution in [-0.4, -0.2) is 24.4 Å². The lowest BCUT2D eigenvalue weighted by Gasteiger charge is -2.14. The maximum absolute atomic E-state index is 12.3. The first kappa shape index (κ1) is 20.8. The van der Waals surface area contributed by atoms with Gasteiger partial charge in [-0.1, -0.05) is 78.9 Å². The molecule has 1 aliphatic rings. The Kier molecular flexibility index (Phi) is 5.81. The van der Waals surface area contributed by atoms with Crippen molar-refractivity contribution in [2.75, 3.05) is 13.2 Å². The average Bonchev–Trinajstić information content (AvgIpc) is 3.16. The van der Waals surface area contributed by atoms with Crippen molar-refractivity contribution < 1.29 is 14.6 Å². The summed E-state index contributed by atoms with van der Waals surface area (Å²) in [5.41, 5.74) is 5.90. The molecule has 0 spiro atoms. The molecule has 4 nitrogen and oxygen atoms in total. The molecule has 33 heavy (non-hydrogen) atoms. The Morgan fingerprint density at radius 2 is 1.58 bits per heavy atom. The quantitative estimate of drug-likeness (QED) is 0.341. The second-order valence-electron chi connectivity index (χ2n) is 8.23. The van der Waals surface area contributed by atoms with Gasteiger partial charge in [0.2, 0.25) is 0 Å². The molecule has 4 aromatic carbocycles. The summed E-state index contributed by atoms with van der Waals surface area (Å²) in [5.74, 6) is 0.325. The van der Waals surface area contributed by atoms with E-state index >= 15 is 0 Å². The molecular formula is C29H25NO3. The van der Waals surface area contributed by atoms with E-state index < -0.39 is 6.09 Å². The number of phenolic OH excluding ortho intramolecular Hbond substituents is 1. The molecule has 0 aliphatic heterocycles. The van der Waals surface area contributed by atoms with Crippen molar-refractivity contribution in [3.63, 3.8) is 0 Å². The van der Waals surface area contributed by atoms with Crippen LogP contribution in [0.15, 0.2) is 91.0 Å². The maximum Gasteiger partial charge on any atom is 0.407 e. The van der Waals surface area contributed by atoms with Crippen LogP contribution in [-0.2, 0) is 4.74 Å². The number of amides is 1. The van der Waals surface area contributed by atoms with Crippen molar-refractivity contribution in [2.45, 2.75) is 12.3 Å². The second kappa shape index (κ2) is 9.21. The van der Waals surface area contributed by atoms with Gasteiger partial charge in [0.1, 0.15) is 12.4 Å². The number of hydrogen-bond donors (Lipinski definition) is 2. The van der Waals surface area contributed by atoms with Crippen LogP contribution in [0.2, 0.25) is 0 Å². The highest BCUT2D eigenvalue weighted by Crippen LogP contribution is 2.44. The predicted octanol–water partition coefficient (Wildman–Crippen LogP) is 6.49. The second-order valence-corrected chi connectivity index (χ2v) is 8.23. The highest BCUT2D eigenvalue weighted by Gasteiger charge is 2.28. The lowest BCUT2D eigenvalue weighted by molar-refractivity contribution is 0.143. The number of phenols is 1. The van der Waals surface area contributed by atoms with Gasteiger partial charge in [0.15, 0.2) is 0 Å². The molecule has 0 bridgehead atoms. The number of aromatic hydroxyl groups is 1. The van der Waals surface area contributed by atoms with E-state index in [0.717, 1.165) is 16.3 Å². The number of carbonyl (C=O) groups excluding carboxylic acids is 1. The summed E-state index contributed by atoms with van der Waals surface area (Å²) in [7, 11) is 0. The molecule has 4 aromatic rings. The van der Waals surface area contributed by atoms with Crippen LogP contribution in [0, 0.1) is 0 Å². The van der Waals surface area contributed by atoms with Gasteiger partial charge in [0.05, 0.1) is 0 Å². The molecule has 0 unspecified atom stereocenters. The third kappa shape index (κ3) is 4.46. The largest absolute Gasteiger partial charge is 0.508 e. The molecule has 0 radical (unpaired) electrons. The zero-order valence-corrected chi connectivity index (χ0v) is 18.2. The zero-order chi connectivity index (χ0) is 22.6. The van der Waals surface area contributed by atoms with Crippen molar-refractivity contribution in [3.05, 3.63) is 108 Å². The molecule has 0 fully saturated rings. The molecule has 0 saturated carbocycles. The van der Waals surface area contributed by atoms with Gasteiger partial charge >= 0.3 is 6.09 Å². The Hall–Kier alpha value is -4.05. The fourth-order valence-corrected chi connectivity index (χ4v) is 4.48. The Bertz CT molecular complexity index is 1300. The lowest BCUT2D eigenvalue weighted by Crippen LogP contribution is -2.26. The first-order chi connectivity index (χ1) is 16.2. The SMILES string of the molecule is O=C(NCCC=Cc1ccc2ccc(O)cc2c1)OCC1c2ccccc2-c2ccccc21. The Labute approximate surface area is 193 Å². The number of hydrogen-bond acceptors (Lipinski definition) is 3. The molecule has 0 aromatic heterocycles. The van der Waals surface area contributed by atoms with Crippen molar-refractivity contribution in [1.82, 2.24) is 5.32 Å². The van der Waals surface area contributed by atoms with E-state index in [1.165, 1.54) is 22.3 Å². The molecule has 0 heterocycles. The van der Waals surface area contributed by atoms with Gasteiger partial charge in [-0.05, 0) is 63.2 Å². The molecule has 0 atom stereocenters. The molecule has 0 saturated heterocycles. The van der Waals surface area contributed by atoms with Crippen molar-refractivity contribution in [3.8, 4) is 16.9 Å². The van der Waals surface area contributed by atoms with Gasteiger partial charge < -0.3 is 15.2 Å². The normalized spacial score (nSPS) is 12.6. The first-order valence-corrected chi connectivity index (χ1v) is 11.2. The van der Waals surface area contributed by atoms with Crippen LogP contribution in [0.3, 0.4) is 0 Å². The summed E-state index contributed by atoms with van der Waals surface area (Å²) in [6, 6.07) is 28.1. The number of benzene rings is 4. The summed E-state index contributed by atoms with van der Waals surface area (Å²) in [4.78, 5) is 12.3. The van der Waals surface area contributed by atoms with E-state index in [1.807, 2.05) is 60.7 Å². The fourth-order valence-electron chi connectivity index (χ4n) is 4.48. The number of ether oxygens (including phenoxy) is 1. The minimum absolute atomic E-state index is 0.0652. The van der Waals surface area contributed by atoms with E-state index in [2.05, 4.69) is 29.6 Å². The van der Waals surface area contributed by atoms with Gasteiger partial charge in [-0.3, -0.25) is 0 Å². The first-order valence-electron chi connectivity index (χ1n) is 11.2. The van der Waals surface area contributed by atoms with Gasteiger partial charge in [-0.25, -0.2) is 4.79 Å². The topological polar surface area (TPSA) is 58.6 Å². The smallest absolute Gasteiger partial charge is 0.407 e. The van der Waals surface area contributed by atoms with E-state index in [1.54, 1.807) is 12.1 Å². The minimum atomic E-state index is -0.397. The minimum Gasteiger partial charge on any atom is -0.508 e. The van der Waals surface area contributed by atoms with E-state index in [0.29, 0.717) is 19.6 Å². The highest BCUT2D eigenvalue weighted by atomic mass is 16.5. The molecule has 164 valence electrons. The number of rotatable bonds is 6. The predicted molar refractivity (Wildman–Crippen MR) is 132 cm³/mol. The zero-order valence-electron chi connectivity index (χ0n) is 18.2. The van der Waals surface area contributed by atoms with Crippen molar-refractivity contribution >= 4 is 22.9 Å². The van der Waals surface area contributed by atoms with Gasteiger partial charge in [0, 0.05) is 12.5 Å². The standard InChI is InChI=1S/C29H25NO3/c31-23-15-14-21-13-12-20(17-22(21)18-23)7-5-6-16-30-29(32)33-19-28-26-10-3-1-8-24(26)25-9-2-4-11-27(25)28/h1-5,7-15,17-18,28,31H,6,16,19H2,(H,30,32). The van der Waals surface area contributed by atoms with Crippen molar-refractivity contribution in [2.24, 2.45) is 0 Å². The van der Waals surface area contributed by atoms with Crippen LogP contribution in [0.5, 0.6) is 5.75 Å². The van der Waals surface area contributed by atoms with Gasteiger partial charge in [-0.2, -0.15) is 0 Å². The van der Waals surface area contributed by atoms with Crippen LogP contribution in [0.4, 0.5) is 4.79 Å². The summed E-state index contributed by atoms with van der Waals surface area (Å²) in [5, 5.41) is 14.6.